The van der Waals surface area contributed by atoms with Crippen LogP contribution in [0.25, 0.3) is 11.1 Å². The second kappa shape index (κ2) is 4.77. The van der Waals surface area contributed by atoms with Crippen LogP contribution in [0.1, 0.15) is 21.8 Å². The van der Waals surface area contributed by atoms with E-state index in [2.05, 4.69) is 4.98 Å². The molecule has 20 heavy (non-hydrogen) atoms. The lowest BCUT2D eigenvalue weighted by molar-refractivity contribution is 0.0699. The van der Waals surface area contributed by atoms with Gasteiger partial charge in [0, 0.05) is 0 Å². The molecule has 0 unspecified atom stereocenters. The quantitative estimate of drug-likeness (QED) is 0.794. The van der Waals surface area contributed by atoms with Crippen LogP contribution in [0.15, 0.2) is 46.9 Å². The molecule has 1 aromatic heterocycles. The molecule has 2 aromatic carbocycles. The van der Waals surface area contributed by atoms with Crippen molar-refractivity contribution in [3.8, 4) is 0 Å². The Hall–Kier alpha value is -2.69. The Balaban J connectivity index is 2.04. The van der Waals surface area contributed by atoms with Crippen LogP contribution in [0, 0.1) is 5.82 Å². The Kier molecular flexibility index (Phi) is 2.95. The molecule has 0 saturated carbocycles. The largest absolute Gasteiger partial charge is 0.478 e. The Morgan fingerprint density at radius 1 is 1.20 bits per heavy atom. The van der Waals surface area contributed by atoms with Gasteiger partial charge in [-0.3, -0.25) is 0 Å². The van der Waals surface area contributed by atoms with E-state index in [1.807, 2.05) is 0 Å². The summed E-state index contributed by atoms with van der Waals surface area (Å²) < 4.78 is 19.1. The van der Waals surface area contributed by atoms with Crippen molar-refractivity contribution >= 4 is 17.1 Å². The van der Waals surface area contributed by atoms with Gasteiger partial charge >= 0.3 is 5.97 Å². The molecule has 0 amide bonds. The summed E-state index contributed by atoms with van der Waals surface area (Å²) in [6.07, 6.45) is 0.181. The van der Waals surface area contributed by atoms with E-state index in [0.29, 0.717) is 17.0 Å². The first-order valence-electron chi connectivity index (χ1n) is 6.00. The van der Waals surface area contributed by atoms with Crippen molar-refractivity contribution in [1.29, 1.82) is 0 Å². The molecule has 5 heteroatoms. The topological polar surface area (TPSA) is 63.3 Å². The molecule has 0 aliphatic heterocycles. The van der Waals surface area contributed by atoms with Crippen molar-refractivity contribution in [3.05, 3.63) is 65.3 Å². The monoisotopic (exact) mass is 271 g/mol. The second-order valence-electron chi connectivity index (χ2n) is 4.33. The summed E-state index contributed by atoms with van der Waals surface area (Å²) in [5, 5.41) is 9.08. The van der Waals surface area contributed by atoms with Gasteiger partial charge in [0.25, 0.3) is 0 Å². The number of hydrogen-bond donors (Lipinski definition) is 1. The lowest BCUT2D eigenvalue weighted by Crippen LogP contribution is -1.97. The number of nitrogens with zero attached hydrogens (tertiary/aromatic N) is 1. The molecule has 0 spiro atoms. The maximum absolute atomic E-state index is 13.6. The van der Waals surface area contributed by atoms with E-state index in [1.54, 1.807) is 30.3 Å². The number of oxazole rings is 1. The second-order valence-corrected chi connectivity index (χ2v) is 4.33. The van der Waals surface area contributed by atoms with Gasteiger partial charge in [-0.15, -0.1) is 0 Å². The molecule has 0 bridgehead atoms. The summed E-state index contributed by atoms with van der Waals surface area (Å²) in [6, 6.07) is 11.0. The van der Waals surface area contributed by atoms with Gasteiger partial charge in [0.1, 0.15) is 11.3 Å². The Bertz CT molecular complexity index is 795. The molecule has 0 aliphatic carbocycles. The Labute approximate surface area is 113 Å². The molecule has 4 nitrogen and oxygen atoms in total. The highest BCUT2D eigenvalue weighted by atomic mass is 19.1. The Morgan fingerprint density at radius 2 is 2.00 bits per heavy atom. The van der Waals surface area contributed by atoms with E-state index >= 15 is 0 Å². The van der Waals surface area contributed by atoms with Crippen molar-refractivity contribution < 1.29 is 18.7 Å². The van der Waals surface area contributed by atoms with Crippen LogP contribution in [0.2, 0.25) is 0 Å². The van der Waals surface area contributed by atoms with Crippen LogP contribution in [0.5, 0.6) is 0 Å². The summed E-state index contributed by atoms with van der Waals surface area (Å²) >= 11 is 0. The summed E-state index contributed by atoms with van der Waals surface area (Å²) in [5.41, 5.74) is 1.20. The predicted octanol–water partition coefficient (Wildman–Crippen LogP) is 3.26. The molecule has 100 valence electrons. The SMILES string of the molecule is O=C(O)c1cccc2oc(Cc3ccccc3F)nc12. The first-order chi connectivity index (χ1) is 9.65. The van der Waals surface area contributed by atoms with E-state index in [9.17, 15) is 9.18 Å². The number of aromatic carboxylic acids is 1. The molecule has 0 radical (unpaired) electrons. The molecule has 3 rings (SSSR count). The van der Waals surface area contributed by atoms with E-state index in [4.69, 9.17) is 9.52 Å². The van der Waals surface area contributed by atoms with Gasteiger partial charge in [-0.2, -0.15) is 0 Å². The normalized spacial score (nSPS) is 10.8. The molecule has 0 atom stereocenters. The van der Waals surface area contributed by atoms with Gasteiger partial charge in [0.15, 0.2) is 11.5 Å². The highest BCUT2D eigenvalue weighted by molar-refractivity contribution is 6.00. The zero-order valence-electron chi connectivity index (χ0n) is 10.3. The van der Waals surface area contributed by atoms with Gasteiger partial charge in [-0.25, -0.2) is 14.2 Å². The van der Waals surface area contributed by atoms with Gasteiger partial charge in [0.05, 0.1) is 12.0 Å². The minimum atomic E-state index is -1.07. The first kappa shape index (κ1) is 12.3. The molecule has 0 aliphatic rings. The highest BCUT2D eigenvalue weighted by Crippen LogP contribution is 2.22. The Morgan fingerprint density at radius 3 is 2.75 bits per heavy atom. The van der Waals surface area contributed by atoms with Crippen molar-refractivity contribution in [2.75, 3.05) is 0 Å². The zero-order valence-corrected chi connectivity index (χ0v) is 10.3. The third-order valence-corrected chi connectivity index (χ3v) is 2.99. The molecule has 1 N–H and O–H groups in total. The van der Waals surface area contributed by atoms with Crippen LogP contribution in [-0.4, -0.2) is 16.1 Å². The van der Waals surface area contributed by atoms with Gasteiger partial charge in [-0.1, -0.05) is 24.3 Å². The number of para-hydroxylation sites is 1. The number of carboxylic acids is 1. The van der Waals surface area contributed by atoms with E-state index < -0.39 is 5.97 Å². The third kappa shape index (κ3) is 2.14. The van der Waals surface area contributed by atoms with Gasteiger partial charge < -0.3 is 9.52 Å². The fourth-order valence-corrected chi connectivity index (χ4v) is 2.05. The number of hydrogen-bond acceptors (Lipinski definition) is 3. The number of aromatic nitrogens is 1. The summed E-state index contributed by atoms with van der Waals surface area (Å²) in [7, 11) is 0. The number of carbonyl (C=O) groups is 1. The van der Waals surface area contributed by atoms with Crippen LogP contribution in [-0.2, 0) is 6.42 Å². The molecule has 3 aromatic rings. The van der Waals surface area contributed by atoms with Crippen molar-refractivity contribution in [1.82, 2.24) is 4.98 Å². The van der Waals surface area contributed by atoms with Gasteiger partial charge in [-0.05, 0) is 23.8 Å². The number of halogens is 1. The molecule has 1 heterocycles. The minimum Gasteiger partial charge on any atom is -0.478 e. The van der Waals surface area contributed by atoms with Crippen LogP contribution in [0.3, 0.4) is 0 Å². The summed E-state index contributed by atoms with van der Waals surface area (Å²) in [5.74, 6) is -1.12. The van der Waals surface area contributed by atoms with Crippen molar-refractivity contribution in [3.63, 3.8) is 0 Å². The maximum atomic E-state index is 13.6. The summed E-state index contributed by atoms with van der Waals surface area (Å²) in [4.78, 5) is 15.3. The molecule has 0 fully saturated rings. The molecular weight excluding hydrogens is 261 g/mol. The smallest absolute Gasteiger partial charge is 0.338 e. The highest BCUT2D eigenvalue weighted by Gasteiger charge is 2.15. The number of rotatable bonds is 3. The van der Waals surface area contributed by atoms with E-state index in [1.165, 1.54) is 12.1 Å². The standard InChI is InChI=1S/C15H10FNO3/c16-11-6-2-1-4-9(11)8-13-17-14-10(15(18)19)5-3-7-12(14)20-13/h1-7H,8H2,(H,18,19). The average molecular weight is 271 g/mol. The van der Waals surface area contributed by atoms with Crippen molar-refractivity contribution in [2.45, 2.75) is 6.42 Å². The van der Waals surface area contributed by atoms with Crippen molar-refractivity contribution in [2.24, 2.45) is 0 Å². The third-order valence-electron chi connectivity index (χ3n) is 2.99. The fraction of sp³-hybridized carbons (Fsp3) is 0.0667. The minimum absolute atomic E-state index is 0.0750. The van der Waals surface area contributed by atoms with Crippen LogP contribution < -0.4 is 0 Å². The van der Waals surface area contributed by atoms with Crippen LogP contribution in [0.4, 0.5) is 4.39 Å². The molecular formula is C15H10FNO3. The van der Waals surface area contributed by atoms with Gasteiger partial charge in [0.2, 0.25) is 0 Å². The summed E-state index contributed by atoms with van der Waals surface area (Å²) in [6.45, 7) is 0. The van der Waals surface area contributed by atoms with E-state index in [-0.39, 0.29) is 23.3 Å². The predicted molar refractivity (Wildman–Crippen MR) is 70.2 cm³/mol. The fourth-order valence-electron chi connectivity index (χ4n) is 2.05. The maximum Gasteiger partial charge on any atom is 0.338 e. The lowest BCUT2D eigenvalue weighted by Gasteiger charge is -1.98. The van der Waals surface area contributed by atoms with Crippen LogP contribution >= 0.6 is 0 Å². The average Bonchev–Trinajstić information content (AvgIpc) is 2.83. The number of carboxylic acid groups (broad SMARTS) is 1. The first-order valence-corrected chi connectivity index (χ1v) is 6.00. The number of benzene rings is 2. The number of fused-ring (bicyclic) bond motifs is 1. The zero-order chi connectivity index (χ0) is 14.1. The molecule has 0 saturated heterocycles. The van der Waals surface area contributed by atoms with E-state index in [0.717, 1.165) is 0 Å². The lowest BCUT2D eigenvalue weighted by atomic mass is 10.1.